The first-order valence-corrected chi connectivity index (χ1v) is 12.2. The molecule has 0 bridgehead atoms. The van der Waals surface area contributed by atoms with Gasteiger partial charge in [0, 0.05) is 35.8 Å². The molecule has 4 rings (SSSR count). The molecule has 0 spiro atoms. The highest BCUT2D eigenvalue weighted by atomic mass is 16.7. The number of carbonyl (C=O) groups excluding carboxylic acids is 1. The maximum atomic E-state index is 12.5. The molecule has 2 N–H and O–H groups in total. The van der Waals surface area contributed by atoms with Gasteiger partial charge < -0.3 is 24.8 Å². The molecule has 6 heteroatoms. The summed E-state index contributed by atoms with van der Waals surface area (Å²) < 4.78 is 13.0. The molecule has 4 atom stereocenters. The fourth-order valence-corrected chi connectivity index (χ4v) is 4.45. The van der Waals surface area contributed by atoms with Crippen LogP contribution in [0.25, 0.3) is 0 Å². The van der Waals surface area contributed by atoms with Gasteiger partial charge in [-0.05, 0) is 42.4 Å². The topological polar surface area (TPSA) is 71.0 Å². The van der Waals surface area contributed by atoms with E-state index in [-0.39, 0.29) is 30.6 Å². The fraction of sp³-hybridized carbons (Fsp3) is 0.300. The van der Waals surface area contributed by atoms with Gasteiger partial charge in [0.1, 0.15) is 0 Å². The Kier molecular flexibility index (Phi) is 8.67. The van der Waals surface area contributed by atoms with Gasteiger partial charge in [0.25, 0.3) is 5.91 Å². The van der Waals surface area contributed by atoms with E-state index in [4.69, 9.17) is 9.47 Å². The predicted molar refractivity (Wildman–Crippen MR) is 141 cm³/mol. The molecule has 0 aliphatic carbocycles. The van der Waals surface area contributed by atoms with Crippen LogP contribution in [0.5, 0.6) is 0 Å². The molecule has 1 saturated heterocycles. The molecule has 36 heavy (non-hydrogen) atoms. The number of rotatable bonds is 9. The Morgan fingerprint density at radius 2 is 1.67 bits per heavy atom. The van der Waals surface area contributed by atoms with E-state index in [0.717, 1.165) is 29.8 Å². The second kappa shape index (κ2) is 12.1. The van der Waals surface area contributed by atoms with Crippen LogP contribution in [0.2, 0.25) is 0 Å². The van der Waals surface area contributed by atoms with E-state index in [1.165, 1.54) is 0 Å². The smallest absolute Gasteiger partial charge is 0.255 e. The summed E-state index contributed by atoms with van der Waals surface area (Å²) in [6.45, 7) is 7.51. The van der Waals surface area contributed by atoms with E-state index in [1.54, 1.807) is 12.1 Å². The van der Waals surface area contributed by atoms with Gasteiger partial charge in [-0.1, -0.05) is 67.6 Å². The van der Waals surface area contributed by atoms with Crippen LogP contribution in [0.1, 0.15) is 46.4 Å². The number of nitrogens with one attached hydrogen (secondary N) is 1. The molecular formula is C30H34N2O4. The van der Waals surface area contributed by atoms with Crippen molar-refractivity contribution in [3.8, 4) is 0 Å². The third-order valence-electron chi connectivity index (χ3n) is 6.53. The zero-order valence-electron chi connectivity index (χ0n) is 20.8. The number of anilines is 1. The van der Waals surface area contributed by atoms with Gasteiger partial charge in [0.05, 0.1) is 18.8 Å². The highest BCUT2D eigenvalue weighted by Gasteiger charge is 2.38. The Morgan fingerprint density at radius 1 is 1.00 bits per heavy atom. The minimum absolute atomic E-state index is 0.00915. The monoisotopic (exact) mass is 486 g/mol. The number of hydrogen-bond donors (Lipinski definition) is 2. The number of nitrogens with zero attached hydrogens (tertiary/aromatic N) is 1. The lowest BCUT2D eigenvalue weighted by molar-refractivity contribution is -0.275. The van der Waals surface area contributed by atoms with Gasteiger partial charge in [-0.3, -0.25) is 4.79 Å². The summed E-state index contributed by atoms with van der Waals surface area (Å²) in [6, 6.07) is 24.6. The van der Waals surface area contributed by atoms with Gasteiger partial charge in [-0.15, -0.1) is 6.58 Å². The molecule has 1 heterocycles. The molecule has 3 aromatic carbocycles. The van der Waals surface area contributed by atoms with Crippen LogP contribution in [0.15, 0.2) is 91.5 Å². The summed E-state index contributed by atoms with van der Waals surface area (Å²) in [4.78, 5) is 14.7. The molecular weight excluding hydrogens is 452 g/mol. The van der Waals surface area contributed by atoms with Gasteiger partial charge in [0.2, 0.25) is 0 Å². The number of amides is 1. The molecule has 0 saturated carbocycles. The van der Waals surface area contributed by atoms with Crippen LogP contribution in [0.4, 0.5) is 5.69 Å². The quantitative estimate of drug-likeness (QED) is 0.400. The van der Waals surface area contributed by atoms with Crippen molar-refractivity contribution in [2.24, 2.45) is 5.92 Å². The Balaban J connectivity index is 1.53. The molecule has 1 aliphatic heterocycles. The summed E-state index contributed by atoms with van der Waals surface area (Å²) in [6.07, 6.45) is 1.10. The van der Waals surface area contributed by atoms with Crippen LogP contribution in [0.3, 0.4) is 0 Å². The van der Waals surface area contributed by atoms with Gasteiger partial charge in [0.15, 0.2) is 6.29 Å². The standard InChI is InChI=1S/C30H34N2O4/c1-4-18-32(3)19-27-21(2)28(23-12-10-22(20-33)11-13-23)36-30(35-27)25-14-16-26(17-15-25)31-29(34)24-8-6-5-7-9-24/h4-17,21,27-28,30,33H,1,18-20H2,2-3H3,(H,31,34)/t21-,27+,28+,30+/m0/s1. The van der Waals surface area contributed by atoms with Crippen LogP contribution < -0.4 is 5.32 Å². The number of aliphatic hydroxyl groups is 1. The largest absolute Gasteiger partial charge is 0.392 e. The summed E-state index contributed by atoms with van der Waals surface area (Å²) in [5, 5.41) is 12.4. The lowest BCUT2D eigenvalue weighted by Crippen LogP contribution is -2.43. The average Bonchev–Trinajstić information content (AvgIpc) is 2.91. The number of hydrogen-bond acceptors (Lipinski definition) is 5. The third kappa shape index (κ3) is 6.28. The highest BCUT2D eigenvalue weighted by molar-refractivity contribution is 6.04. The molecule has 0 radical (unpaired) electrons. The Bertz CT molecular complexity index is 1130. The van der Waals surface area contributed by atoms with E-state index >= 15 is 0 Å². The summed E-state index contributed by atoms with van der Waals surface area (Å²) in [5.41, 5.74) is 4.11. The molecule has 0 aromatic heterocycles. The van der Waals surface area contributed by atoms with Crippen molar-refractivity contribution in [2.75, 3.05) is 25.5 Å². The van der Waals surface area contributed by atoms with Crippen molar-refractivity contribution < 1.29 is 19.4 Å². The zero-order chi connectivity index (χ0) is 25.5. The molecule has 6 nitrogen and oxygen atoms in total. The van der Waals surface area contributed by atoms with Crippen molar-refractivity contribution in [1.82, 2.24) is 4.90 Å². The molecule has 1 fully saturated rings. The minimum Gasteiger partial charge on any atom is -0.392 e. The van der Waals surface area contributed by atoms with Crippen molar-refractivity contribution in [3.63, 3.8) is 0 Å². The first-order chi connectivity index (χ1) is 17.5. The van der Waals surface area contributed by atoms with E-state index in [1.807, 2.05) is 72.8 Å². The SMILES string of the molecule is C=CCN(C)C[C@H]1O[C@@H](c2ccc(NC(=O)c3ccccc3)cc2)O[C@@H](c2ccc(CO)cc2)[C@H]1C. The first kappa shape index (κ1) is 25.8. The van der Waals surface area contributed by atoms with Crippen LogP contribution in [-0.4, -0.2) is 42.2 Å². The Morgan fingerprint density at radius 3 is 2.31 bits per heavy atom. The molecule has 1 amide bonds. The van der Waals surface area contributed by atoms with Crippen LogP contribution in [-0.2, 0) is 16.1 Å². The Labute approximate surface area is 213 Å². The van der Waals surface area contributed by atoms with Crippen LogP contribution in [0, 0.1) is 5.92 Å². The highest BCUT2D eigenvalue weighted by Crippen LogP contribution is 2.42. The van der Waals surface area contributed by atoms with E-state index in [2.05, 4.69) is 30.8 Å². The number of ether oxygens (including phenoxy) is 2. The first-order valence-electron chi connectivity index (χ1n) is 12.2. The van der Waals surface area contributed by atoms with Crippen LogP contribution >= 0.6 is 0 Å². The van der Waals surface area contributed by atoms with E-state index in [9.17, 15) is 9.90 Å². The predicted octanol–water partition coefficient (Wildman–Crippen LogP) is 5.34. The number of carbonyl (C=O) groups is 1. The van der Waals surface area contributed by atoms with Crippen molar-refractivity contribution in [2.45, 2.75) is 32.0 Å². The molecule has 188 valence electrons. The summed E-state index contributed by atoms with van der Waals surface area (Å²) >= 11 is 0. The average molecular weight is 487 g/mol. The number of benzene rings is 3. The fourth-order valence-electron chi connectivity index (χ4n) is 4.45. The number of likely N-dealkylation sites (N-methyl/N-ethyl adjacent to an activating group) is 1. The van der Waals surface area contributed by atoms with E-state index in [0.29, 0.717) is 11.3 Å². The Hall–Kier alpha value is -3.29. The minimum atomic E-state index is -0.551. The van der Waals surface area contributed by atoms with E-state index < -0.39 is 6.29 Å². The van der Waals surface area contributed by atoms with Gasteiger partial charge in [-0.25, -0.2) is 0 Å². The van der Waals surface area contributed by atoms with Crippen molar-refractivity contribution in [1.29, 1.82) is 0 Å². The molecule has 1 aliphatic rings. The third-order valence-corrected chi connectivity index (χ3v) is 6.53. The lowest BCUT2D eigenvalue weighted by atomic mass is 9.90. The zero-order valence-corrected chi connectivity index (χ0v) is 20.8. The summed E-state index contributed by atoms with van der Waals surface area (Å²) in [7, 11) is 2.05. The molecule has 0 unspecified atom stereocenters. The summed E-state index contributed by atoms with van der Waals surface area (Å²) in [5.74, 6) is -0.0445. The lowest BCUT2D eigenvalue weighted by Gasteiger charge is -2.42. The molecule has 3 aromatic rings. The second-order valence-electron chi connectivity index (χ2n) is 9.27. The normalized spacial score (nSPS) is 21.8. The van der Waals surface area contributed by atoms with Crippen molar-refractivity contribution >= 4 is 11.6 Å². The second-order valence-corrected chi connectivity index (χ2v) is 9.27. The van der Waals surface area contributed by atoms with Gasteiger partial charge >= 0.3 is 0 Å². The number of aliphatic hydroxyl groups excluding tert-OH is 1. The van der Waals surface area contributed by atoms with Crippen molar-refractivity contribution in [3.05, 3.63) is 114 Å². The van der Waals surface area contributed by atoms with Gasteiger partial charge in [-0.2, -0.15) is 0 Å². The maximum Gasteiger partial charge on any atom is 0.255 e. The maximum absolute atomic E-state index is 12.5.